The van der Waals surface area contributed by atoms with Crippen molar-refractivity contribution in [3.05, 3.63) is 60.8 Å². The first-order valence-corrected chi connectivity index (χ1v) is 35.6. The van der Waals surface area contributed by atoms with Gasteiger partial charge in [0.05, 0.1) is 33.8 Å². The molecule has 3 atom stereocenters. The molecule has 0 aromatic heterocycles. The third-order valence-electron chi connectivity index (χ3n) is 15.2. The van der Waals surface area contributed by atoms with Crippen molar-refractivity contribution in [1.82, 2.24) is 5.32 Å². The van der Waals surface area contributed by atoms with Gasteiger partial charge in [0.25, 0.3) is 7.82 Å². The number of carbonyl (C=O) groups excluding carboxylic acids is 2. The van der Waals surface area contributed by atoms with E-state index in [4.69, 9.17) is 13.8 Å². The Kier molecular flexibility index (Phi) is 58.1. The maximum Gasteiger partial charge on any atom is 0.306 e. The molecule has 468 valence electrons. The molecule has 0 rings (SSSR count). The Morgan fingerprint density at radius 2 is 0.762 bits per heavy atom. The van der Waals surface area contributed by atoms with Gasteiger partial charge in [-0.05, 0) is 76.7 Å². The minimum Gasteiger partial charge on any atom is -0.756 e. The van der Waals surface area contributed by atoms with Crippen LogP contribution in [-0.2, 0) is 27.9 Å². The van der Waals surface area contributed by atoms with E-state index in [0.717, 1.165) is 77.0 Å². The van der Waals surface area contributed by atoms with E-state index in [1.165, 1.54) is 205 Å². The highest BCUT2D eigenvalue weighted by atomic mass is 31.2. The fraction of sp³-hybridized carbons (Fsp3) is 0.829. The van der Waals surface area contributed by atoms with Crippen LogP contribution in [0.15, 0.2) is 60.8 Å². The van der Waals surface area contributed by atoms with E-state index in [2.05, 4.69) is 74.7 Å². The monoisotopic (exact) mass is 1140 g/mol. The first kappa shape index (κ1) is 77.7. The maximum absolute atomic E-state index is 13.6. The smallest absolute Gasteiger partial charge is 0.306 e. The number of amides is 1. The van der Waals surface area contributed by atoms with E-state index in [9.17, 15) is 19.0 Å². The van der Waals surface area contributed by atoms with Crippen molar-refractivity contribution in [2.75, 3.05) is 40.9 Å². The summed E-state index contributed by atoms with van der Waals surface area (Å²) in [5, 5.41) is 3.02. The molecule has 0 aliphatic carbocycles. The second-order valence-electron chi connectivity index (χ2n) is 24.3. The van der Waals surface area contributed by atoms with Gasteiger partial charge in [-0.15, -0.1) is 0 Å². The molecular formula is C70H131N2O7P. The third-order valence-corrected chi connectivity index (χ3v) is 16.2. The van der Waals surface area contributed by atoms with Gasteiger partial charge >= 0.3 is 5.97 Å². The molecule has 1 amide bonds. The Balaban J connectivity index is 5.16. The Morgan fingerprint density at radius 1 is 0.438 bits per heavy atom. The Hall–Kier alpha value is -2.29. The van der Waals surface area contributed by atoms with Gasteiger partial charge < -0.3 is 28.5 Å². The van der Waals surface area contributed by atoms with Crippen molar-refractivity contribution in [1.29, 1.82) is 0 Å². The molecule has 1 N–H and O–H groups in total. The highest BCUT2D eigenvalue weighted by molar-refractivity contribution is 7.45. The zero-order chi connectivity index (χ0) is 58.6. The summed E-state index contributed by atoms with van der Waals surface area (Å²) in [6.45, 7) is 6.83. The van der Waals surface area contributed by atoms with Gasteiger partial charge in [-0.25, -0.2) is 0 Å². The lowest BCUT2D eigenvalue weighted by atomic mass is 10.0. The minimum atomic E-state index is -4.71. The van der Waals surface area contributed by atoms with Crippen LogP contribution < -0.4 is 10.2 Å². The summed E-state index contributed by atoms with van der Waals surface area (Å²) in [6, 6.07) is -0.905. The zero-order valence-corrected chi connectivity index (χ0v) is 54.4. The van der Waals surface area contributed by atoms with Crippen LogP contribution in [0.2, 0.25) is 0 Å². The number of likely N-dealkylation sites (N-methyl/N-ethyl adjacent to an activating group) is 1. The van der Waals surface area contributed by atoms with Crippen LogP contribution in [0.3, 0.4) is 0 Å². The average Bonchev–Trinajstić information content (AvgIpc) is 3.42. The lowest BCUT2D eigenvalue weighted by Gasteiger charge is -2.30. The van der Waals surface area contributed by atoms with Gasteiger partial charge in [-0.3, -0.25) is 14.2 Å². The predicted molar refractivity (Wildman–Crippen MR) is 344 cm³/mol. The number of nitrogens with zero attached hydrogens (tertiary/aromatic N) is 1. The molecule has 0 aromatic carbocycles. The van der Waals surface area contributed by atoms with Gasteiger partial charge in [0.15, 0.2) is 0 Å². The van der Waals surface area contributed by atoms with E-state index < -0.39 is 26.6 Å². The first-order chi connectivity index (χ1) is 38.9. The number of phosphoric ester groups is 1. The Bertz CT molecular complexity index is 1550. The van der Waals surface area contributed by atoms with Gasteiger partial charge in [0.1, 0.15) is 19.3 Å². The summed E-state index contributed by atoms with van der Waals surface area (Å²) in [5.41, 5.74) is 0. The van der Waals surface area contributed by atoms with Crippen molar-refractivity contribution < 1.29 is 37.3 Å². The average molecular weight is 1140 g/mol. The molecular weight excluding hydrogens is 1010 g/mol. The molecule has 10 heteroatoms. The lowest BCUT2D eigenvalue weighted by Crippen LogP contribution is -2.47. The number of rotatable bonds is 62. The van der Waals surface area contributed by atoms with E-state index in [0.29, 0.717) is 17.4 Å². The zero-order valence-electron chi connectivity index (χ0n) is 53.5. The number of nitrogens with one attached hydrogen (secondary N) is 1. The van der Waals surface area contributed by atoms with Crippen molar-refractivity contribution >= 4 is 19.7 Å². The van der Waals surface area contributed by atoms with Gasteiger partial charge in [0, 0.05) is 12.8 Å². The van der Waals surface area contributed by atoms with E-state index >= 15 is 0 Å². The number of hydrogen-bond donors (Lipinski definition) is 1. The topological polar surface area (TPSA) is 114 Å². The molecule has 0 heterocycles. The maximum atomic E-state index is 13.6. The molecule has 0 radical (unpaired) electrons. The number of quaternary nitrogens is 1. The van der Waals surface area contributed by atoms with Crippen LogP contribution in [0.5, 0.6) is 0 Å². The summed E-state index contributed by atoms with van der Waals surface area (Å²) in [4.78, 5) is 40.1. The van der Waals surface area contributed by atoms with Crippen LogP contribution in [0.25, 0.3) is 0 Å². The summed E-state index contributed by atoms with van der Waals surface area (Å²) in [5.74, 6) is -0.565. The first-order valence-electron chi connectivity index (χ1n) is 34.1. The highest BCUT2D eigenvalue weighted by Gasteiger charge is 2.27. The van der Waals surface area contributed by atoms with E-state index in [1.807, 2.05) is 33.3 Å². The molecule has 0 bridgehead atoms. The SMILES string of the molecule is CCCCC/C=C\C/C=C\C/C=C\C/C=C\CCCCCC(=O)NC(COP(=O)([O-])OCC[N+](C)(C)C)C(/C=C/CCCCCCCCCCCC)OC(=O)CCCCCCCCCCCCCCCCCCCCCCCCC. The number of unbranched alkanes of at least 4 members (excludes halogenated alkanes) is 38. The lowest BCUT2D eigenvalue weighted by molar-refractivity contribution is -0.870. The van der Waals surface area contributed by atoms with Gasteiger partial charge in [-0.2, -0.15) is 0 Å². The molecule has 9 nitrogen and oxygen atoms in total. The summed E-state index contributed by atoms with van der Waals surface area (Å²) in [6.07, 6.45) is 76.3. The fourth-order valence-corrected chi connectivity index (χ4v) is 10.6. The molecule has 0 saturated heterocycles. The quantitative estimate of drug-likeness (QED) is 0.0212. The predicted octanol–water partition coefficient (Wildman–Crippen LogP) is 20.8. The number of hydrogen-bond acceptors (Lipinski definition) is 7. The second kappa shape index (κ2) is 59.9. The largest absolute Gasteiger partial charge is 0.756 e. The van der Waals surface area contributed by atoms with E-state index in [-0.39, 0.29) is 31.3 Å². The number of carbonyl (C=O) groups is 2. The molecule has 0 aliphatic heterocycles. The molecule has 3 unspecified atom stereocenters. The molecule has 0 fully saturated rings. The van der Waals surface area contributed by atoms with Crippen molar-refractivity contribution in [2.24, 2.45) is 0 Å². The Morgan fingerprint density at radius 3 is 1.18 bits per heavy atom. The van der Waals surface area contributed by atoms with Crippen molar-refractivity contribution in [3.8, 4) is 0 Å². The van der Waals surface area contributed by atoms with Crippen LogP contribution in [-0.4, -0.2) is 69.4 Å². The minimum absolute atomic E-state index is 0.0287. The molecule has 0 aromatic rings. The number of esters is 1. The van der Waals surface area contributed by atoms with Crippen LogP contribution in [0.4, 0.5) is 0 Å². The van der Waals surface area contributed by atoms with Crippen LogP contribution in [0.1, 0.15) is 323 Å². The summed E-state index contributed by atoms with van der Waals surface area (Å²) < 4.78 is 30.4. The van der Waals surface area contributed by atoms with Crippen molar-refractivity contribution in [3.63, 3.8) is 0 Å². The van der Waals surface area contributed by atoms with Gasteiger partial charge in [-0.1, -0.05) is 294 Å². The normalized spacial score (nSPS) is 13.9. The number of phosphoric acid groups is 1. The van der Waals surface area contributed by atoms with E-state index in [1.54, 1.807) is 0 Å². The van der Waals surface area contributed by atoms with Crippen LogP contribution >= 0.6 is 7.82 Å². The molecule has 0 aliphatic rings. The number of ether oxygens (including phenoxy) is 1. The second-order valence-corrected chi connectivity index (χ2v) is 25.7. The van der Waals surface area contributed by atoms with Crippen LogP contribution in [0, 0.1) is 0 Å². The van der Waals surface area contributed by atoms with Crippen molar-refractivity contribution in [2.45, 2.75) is 335 Å². The molecule has 0 spiro atoms. The molecule has 80 heavy (non-hydrogen) atoms. The summed E-state index contributed by atoms with van der Waals surface area (Å²) in [7, 11) is 1.17. The third kappa shape index (κ3) is 60.3. The summed E-state index contributed by atoms with van der Waals surface area (Å²) >= 11 is 0. The number of allylic oxidation sites excluding steroid dienone is 9. The standard InChI is InChI=1S/C70H131N2O7P/c1-7-10-13-16-19-22-25-28-30-32-34-35-36-37-39-41-43-45-48-51-54-57-60-63-70(74)79-68(61-58-55-52-49-46-27-24-21-18-15-12-9-3)67(66-78-80(75,76)77-65-64-72(4,5)6)71-69(73)62-59-56-53-50-47-44-42-40-38-33-31-29-26-23-20-17-14-11-8-2/h20,23,29,31,38,40,44,47,58,61,67-68H,7-19,21-22,24-28,30,32-37,39,41-43,45-46,48-57,59-60,62-66H2,1-6H3,(H-,71,73,75,76)/b23-20-,31-29-,40-38-,47-44-,61-58+. The molecule has 0 saturated carbocycles. The highest BCUT2D eigenvalue weighted by Crippen LogP contribution is 2.38. The van der Waals surface area contributed by atoms with Gasteiger partial charge in [0.2, 0.25) is 5.91 Å². The fourth-order valence-electron chi connectivity index (χ4n) is 9.92. The Labute approximate surface area is 496 Å².